The van der Waals surface area contributed by atoms with Crippen molar-refractivity contribution in [3.63, 3.8) is 0 Å². The van der Waals surface area contributed by atoms with E-state index in [1.165, 1.54) is 19.2 Å². The number of benzene rings is 3. The van der Waals surface area contributed by atoms with Crippen LogP contribution in [-0.4, -0.2) is 25.7 Å². The van der Waals surface area contributed by atoms with Gasteiger partial charge in [0.2, 0.25) is 5.91 Å². The van der Waals surface area contributed by atoms with E-state index < -0.39 is 15.6 Å². The van der Waals surface area contributed by atoms with Crippen LogP contribution < -0.4 is 4.74 Å². The first-order valence-corrected chi connectivity index (χ1v) is 11.8. The molecule has 0 aromatic heterocycles. The minimum Gasteiger partial charge on any atom is -0.497 e. The molecule has 0 unspecified atom stereocenters. The maximum Gasteiger partial charge on any atom is 0.267 e. The van der Waals surface area contributed by atoms with Crippen LogP contribution in [0.15, 0.2) is 89.8 Å². The summed E-state index contributed by atoms with van der Waals surface area (Å²) in [5.74, 6) is 0.00667. The fraction of sp³-hybridized carbons (Fsp3) is 0.240. The zero-order valence-electron chi connectivity index (χ0n) is 17.1. The number of β-lactam (4-membered cyclic amide) rings is 1. The van der Waals surface area contributed by atoms with Gasteiger partial charge in [-0.15, -0.1) is 0 Å². The summed E-state index contributed by atoms with van der Waals surface area (Å²) in [6, 6.07) is 25.8. The number of carbonyl (C=O) groups is 1. The number of fused-ring (bicyclic) bond motifs is 1. The monoisotopic (exact) mass is 433 g/mol. The van der Waals surface area contributed by atoms with Crippen LogP contribution in [0.1, 0.15) is 29.9 Å². The molecular formula is C25H23NO4S. The average Bonchev–Trinajstić information content (AvgIpc) is 3.15. The van der Waals surface area contributed by atoms with Gasteiger partial charge < -0.3 is 4.74 Å². The standard InChI is InChI=1S/C25H23NO4S/c1-30-21-12-14-22(15-13-21)31(28,29)26-24(27)23-16-19(18-8-4-2-5-9-18)17-25(23,26)20-10-6-3-7-11-20/h2-15,19,23H,16-17H2,1H3/t19-,23+,25-/m0/s1. The van der Waals surface area contributed by atoms with E-state index in [2.05, 4.69) is 12.1 Å². The van der Waals surface area contributed by atoms with Crippen LogP contribution in [0.5, 0.6) is 5.75 Å². The number of sulfonamides is 1. The third-order valence-corrected chi connectivity index (χ3v) is 8.51. The summed E-state index contributed by atoms with van der Waals surface area (Å²) in [6.07, 6.45) is 1.22. The van der Waals surface area contributed by atoms with E-state index >= 15 is 0 Å². The molecule has 31 heavy (non-hydrogen) atoms. The van der Waals surface area contributed by atoms with Crippen molar-refractivity contribution in [1.82, 2.24) is 4.31 Å². The Morgan fingerprint density at radius 2 is 1.52 bits per heavy atom. The minimum atomic E-state index is -4.01. The molecule has 1 amide bonds. The van der Waals surface area contributed by atoms with Crippen molar-refractivity contribution in [2.75, 3.05) is 7.11 Å². The molecule has 5 rings (SSSR count). The molecule has 0 spiro atoms. The predicted molar refractivity (Wildman–Crippen MR) is 117 cm³/mol. The SMILES string of the molecule is COc1ccc(S(=O)(=O)N2C(=O)[C@H]3C[C@H](c4ccccc4)C[C@]32c2ccccc2)cc1. The third-order valence-electron chi connectivity index (χ3n) is 6.66. The Labute approximate surface area is 182 Å². The van der Waals surface area contributed by atoms with Crippen LogP contribution in [0.3, 0.4) is 0 Å². The Morgan fingerprint density at radius 3 is 2.13 bits per heavy atom. The van der Waals surface area contributed by atoms with E-state index in [1.807, 2.05) is 48.5 Å². The lowest BCUT2D eigenvalue weighted by atomic mass is 9.73. The molecule has 1 aliphatic carbocycles. The highest BCUT2D eigenvalue weighted by Crippen LogP contribution is 2.62. The molecule has 1 saturated heterocycles. The Kier molecular flexibility index (Phi) is 4.63. The lowest BCUT2D eigenvalue weighted by Gasteiger charge is -2.53. The number of hydrogen-bond acceptors (Lipinski definition) is 4. The summed E-state index contributed by atoms with van der Waals surface area (Å²) in [5, 5.41) is 0. The summed E-state index contributed by atoms with van der Waals surface area (Å²) in [4.78, 5) is 13.4. The number of amides is 1. The number of ether oxygens (including phenoxy) is 1. The number of methoxy groups -OCH3 is 1. The van der Waals surface area contributed by atoms with Gasteiger partial charge in [-0.25, -0.2) is 12.7 Å². The molecule has 3 aromatic rings. The van der Waals surface area contributed by atoms with Gasteiger partial charge in [0.05, 0.1) is 23.5 Å². The second-order valence-electron chi connectivity index (χ2n) is 8.17. The number of carbonyl (C=O) groups excluding carboxylic acids is 1. The van der Waals surface area contributed by atoms with Gasteiger partial charge in [-0.05, 0) is 54.2 Å². The summed E-state index contributed by atoms with van der Waals surface area (Å²) < 4.78 is 33.6. The maximum atomic E-state index is 13.7. The number of rotatable bonds is 5. The van der Waals surface area contributed by atoms with Crippen molar-refractivity contribution in [2.45, 2.75) is 29.2 Å². The van der Waals surface area contributed by atoms with Crippen LogP contribution in [0.25, 0.3) is 0 Å². The van der Waals surface area contributed by atoms with E-state index in [1.54, 1.807) is 12.1 Å². The van der Waals surface area contributed by atoms with Crippen molar-refractivity contribution < 1.29 is 17.9 Å². The molecule has 1 saturated carbocycles. The highest BCUT2D eigenvalue weighted by Gasteiger charge is 2.69. The first-order valence-electron chi connectivity index (χ1n) is 10.3. The van der Waals surface area contributed by atoms with E-state index in [4.69, 9.17) is 4.74 Å². The Balaban J connectivity index is 1.61. The molecule has 1 aliphatic heterocycles. The molecule has 1 heterocycles. The molecule has 6 heteroatoms. The topological polar surface area (TPSA) is 63.7 Å². The highest BCUT2D eigenvalue weighted by atomic mass is 32.2. The minimum absolute atomic E-state index is 0.0959. The average molecular weight is 434 g/mol. The van der Waals surface area contributed by atoms with Crippen LogP contribution >= 0.6 is 0 Å². The van der Waals surface area contributed by atoms with Gasteiger partial charge in [-0.3, -0.25) is 4.79 Å². The molecule has 0 bridgehead atoms. The lowest BCUT2D eigenvalue weighted by molar-refractivity contribution is -0.155. The van der Waals surface area contributed by atoms with Gasteiger partial charge >= 0.3 is 0 Å². The highest BCUT2D eigenvalue weighted by molar-refractivity contribution is 7.89. The zero-order valence-corrected chi connectivity index (χ0v) is 18.0. The molecule has 158 valence electrons. The Bertz CT molecular complexity index is 1210. The summed E-state index contributed by atoms with van der Waals surface area (Å²) in [6.45, 7) is 0. The molecule has 0 radical (unpaired) electrons. The smallest absolute Gasteiger partial charge is 0.267 e. The van der Waals surface area contributed by atoms with Crippen LogP contribution in [-0.2, 0) is 20.4 Å². The van der Waals surface area contributed by atoms with Gasteiger partial charge in [-0.1, -0.05) is 60.7 Å². The van der Waals surface area contributed by atoms with Crippen LogP contribution in [0, 0.1) is 5.92 Å². The third kappa shape index (κ3) is 2.89. The number of hydrogen-bond donors (Lipinski definition) is 0. The molecule has 0 N–H and O–H groups in total. The predicted octanol–water partition coefficient (Wildman–Crippen LogP) is 4.32. The van der Waals surface area contributed by atoms with E-state index in [9.17, 15) is 13.2 Å². The quantitative estimate of drug-likeness (QED) is 0.563. The molecule has 3 atom stereocenters. The van der Waals surface area contributed by atoms with Crippen molar-refractivity contribution in [3.05, 3.63) is 96.1 Å². The van der Waals surface area contributed by atoms with E-state index in [0.29, 0.717) is 18.6 Å². The van der Waals surface area contributed by atoms with Crippen molar-refractivity contribution >= 4 is 15.9 Å². The molecular weight excluding hydrogens is 410 g/mol. The van der Waals surface area contributed by atoms with E-state index in [0.717, 1.165) is 15.4 Å². The number of nitrogens with zero attached hydrogens (tertiary/aromatic N) is 1. The van der Waals surface area contributed by atoms with Crippen LogP contribution in [0.2, 0.25) is 0 Å². The second kappa shape index (κ2) is 7.24. The normalized spacial score (nSPS) is 25.1. The first kappa shape index (κ1) is 19.8. The van der Waals surface area contributed by atoms with Gasteiger partial charge in [0.25, 0.3) is 10.0 Å². The zero-order chi connectivity index (χ0) is 21.6. The van der Waals surface area contributed by atoms with E-state index in [-0.39, 0.29) is 22.6 Å². The van der Waals surface area contributed by atoms with Gasteiger partial charge in [0.1, 0.15) is 5.75 Å². The second-order valence-corrected chi connectivity index (χ2v) is 9.96. The van der Waals surface area contributed by atoms with Crippen molar-refractivity contribution in [1.29, 1.82) is 0 Å². The summed E-state index contributed by atoms with van der Waals surface area (Å²) in [7, 11) is -2.49. The van der Waals surface area contributed by atoms with Crippen LogP contribution in [0.4, 0.5) is 0 Å². The summed E-state index contributed by atoms with van der Waals surface area (Å²) in [5.41, 5.74) is 1.15. The molecule has 2 fully saturated rings. The fourth-order valence-corrected chi connectivity index (χ4v) is 7.00. The maximum absolute atomic E-state index is 13.7. The van der Waals surface area contributed by atoms with Crippen molar-refractivity contribution in [3.8, 4) is 5.75 Å². The molecule has 2 aliphatic rings. The fourth-order valence-electron chi connectivity index (χ4n) is 5.21. The van der Waals surface area contributed by atoms with Gasteiger partial charge in [0, 0.05) is 0 Å². The van der Waals surface area contributed by atoms with Gasteiger partial charge in [0.15, 0.2) is 0 Å². The Hall–Kier alpha value is -3.12. The Morgan fingerprint density at radius 1 is 0.903 bits per heavy atom. The molecule has 3 aromatic carbocycles. The summed E-state index contributed by atoms with van der Waals surface area (Å²) >= 11 is 0. The van der Waals surface area contributed by atoms with Gasteiger partial charge in [-0.2, -0.15) is 0 Å². The first-order chi connectivity index (χ1) is 15.0. The molecule has 5 nitrogen and oxygen atoms in total. The van der Waals surface area contributed by atoms with Crippen molar-refractivity contribution in [2.24, 2.45) is 5.92 Å². The largest absolute Gasteiger partial charge is 0.497 e. The lowest BCUT2D eigenvalue weighted by Crippen LogP contribution is -2.67.